The predicted octanol–water partition coefficient (Wildman–Crippen LogP) is 11.0. The van der Waals surface area contributed by atoms with Crippen LogP contribution in [0.4, 0.5) is 0 Å². The van der Waals surface area contributed by atoms with E-state index < -0.39 is 0 Å². The summed E-state index contributed by atoms with van der Waals surface area (Å²) < 4.78 is 12.3. The molecule has 0 amide bonds. The van der Waals surface area contributed by atoms with Crippen LogP contribution >= 0.6 is 0 Å². The lowest BCUT2D eigenvalue weighted by atomic mass is 9.85. The van der Waals surface area contributed by atoms with Crippen molar-refractivity contribution in [3.63, 3.8) is 0 Å². The zero-order chi connectivity index (χ0) is 27.5. The van der Waals surface area contributed by atoms with E-state index in [9.17, 15) is 0 Å². The van der Waals surface area contributed by atoms with E-state index >= 15 is 0 Å². The summed E-state index contributed by atoms with van der Waals surface area (Å²) in [6.07, 6.45) is 3.65. The Morgan fingerprint density at radius 3 is 2.22 bits per heavy atom. The standard InChI is InChI=1S/C39H26O2/c1-3-21-40-27-18-16-25(17-19-27)28-10-5-6-11-29(28)33-23-26-9-7-14-32-36(26)37-30(33)12-8-13-31(37)38-34-22-24(4-2)15-20-35(34)41-39(32)38/h3-20,22-23H,1-2,21H2. The van der Waals surface area contributed by atoms with Crippen molar-refractivity contribution in [2.24, 2.45) is 0 Å². The molecule has 0 aliphatic rings. The van der Waals surface area contributed by atoms with E-state index in [1.165, 1.54) is 43.6 Å². The molecule has 7 aromatic carbocycles. The molecule has 194 valence electrons. The van der Waals surface area contributed by atoms with E-state index in [0.717, 1.165) is 44.2 Å². The molecule has 0 unspecified atom stereocenters. The number of hydrogen-bond donors (Lipinski definition) is 0. The van der Waals surface area contributed by atoms with Crippen LogP contribution in [0.5, 0.6) is 5.75 Å². The zero-order valence-electron chi connectivity index (χ0n) is 22.5. The van der Waals surface area contributed by atoms with Crippen LogP contribution in [0.25, 0.3) is 82.6 Å². The smallest absolute Gasteiger partial charge is 0.143 e. The van der Waals surface area contributed by atoms with E-state index in [-0.39, 0.29) is 0 Å². The van der Waals surface area contributed by atoms with Gasteiger partial charge in [-0.2, -0.15) is 0 Å². The highest BCUT2D eigenvalue weighted by Gasteiger charge is 2.21. The third-order valence-corrected chi connectivity index (χ3v) is 8.21. The quantitative estimate of drug-likeness (QED) is 0.159. The number of hydrogen-bond acceptors (Lipinski definition) is 2. The summed E-state index contributed by atoms with van der Waals surface area (Å²) in [5.74, 6) is 0.837. The first-order valence-electron chi connectivity index (χ1n) is 13.9. The lowest BCUT2D eigenvalue weighted by Crippen LogP contribution is -1.93. The molecule has 1 aromatic heterocycles. The van der Waals surface area contributed by atoms with Gasteiger partial charge in [0.25, 0.3) is 0 Å². The highest BCUT2D eigenvalue weighted by Crippen LogP contribution is 2.48. The van der Waals surface area contributed by atoms with Crippen molar-refractivity contribution < 1.29 is 9.15 Å². The summed E-state index contributed by atoms with van der Waals surface area (Å²) in [6.45, 7) is 8.23. The van der Waals surface area contributed by atoms with Crippen LogP contribution in [0, 0.1) is 0 Å². The molecule has 8 rings (SSSR count). The van der Waals surface area contributed by atoms with Gasteiger partial charge in [0.05, 0.1) is 0 Å². The third kappa shape index (κ3) is 3.51. The minimum Gasteiger partial charge on any atom is -0.490 e. The maximum absolute atomic E-state index is 6.54. The summed E-state index contributed by atoms with van der Waals surface area (Å²) in [4.78, 5) is 0. The maximum atomic E-state index is 6.54. The largest absolute Gasteiger partial charge is 0.490 e. The fraction of sp³-hybridized carbons (Fsp3) is 0.0256. The first-order valence-corrected chi connectivity index (χ1v) is 13.9. The summed E-state index contributed by atoms with van der Waals surface area (Å²) in [6, 6.07) is 38.9. The number of furan rings is 1. The second kappa shape index (κ2) is 9.11. The second-order valence-corrected chi connectivity index (χ2v) is 10.5. The van der Waals surface area contributed by atoms with Crippen molar-refractivity contribution >= 4 is 60.3 Å². The van der Waals surface area contributed by atoms with Gasteiger partial charge in [0.15, 0.2) is 0 Å². The Morgan fingerprint density at radius 1 is 0.610 bits per heavy atom. The van der Waals surface area contributed by atoms with E-state index in [4.69, 9.17) is 9.15 Å². The molecule has 0 radical (unpaired) electrons. The third-order valence-electron chi connectivity index (χ3n) is 8.21. The van der Waals surface area contributed by atoms with Crippen LogP contribution in [0.2, 0.25) is 0 Å². The molecule has 0 aliphatic carbocycles. The molecular formula is C39H26O2. The lowest BCUT2D eigenvalue weighted by molar-refractivity contribution is 0.363. The van der Waals surface area contributed by atoms with Crippen molar-refractivity contribution in [1.29, 1.82) is 0 Å². The Morgan fingerprint density at radius 2 is 1.39 bits per heavy atom. The van der Waals surface area contributed by atoms with Gasteiger partial charge in [0.1, 0.15) is 23.5 Å². The van der Waals surface area contributed by atoms with Crippen molar-refractivity contribution in [3.8, 4) is 28.0 Å². The maximum Gasteiger partial charge on any atom is 0.143 e. The fourth-order valence-electron chi connectivity index (χ4n) is 6.42. The SMILES string of the molecule is C=CCOc1ccc(-c2ccccc2-c2cc3cccc4c5oc6ccc(C=C)cc6c5c5cccc2c5c34)cc1. The van der Waals surface area contributed by atoms with Gasteiger partial charge in [-0.3, -0.25) is 0 Å². The Hall–Kier alpha value is -5.34. The Bertz CT molecular complexity index is 2280. The van der Waals surface area contributed by atoms with Crippen LogP contribution in [0.1, 0.15) is 5.56 Å². The topological polar surface area (TPSA) is 22.4 Å². The summed E-state index contributed by atoms with van der Waals surface area (Å²) in [7, 11) is 0. The van der Waals surface area contributed by atoms with Crippen molar-refractivity contribution in [3.05, 3.63) is 134 Å². The van der Waals surface area contributed by atoms with Crippen LogP contribution < -0.4 is 4.74 Å². The molecule has 41 heavy (non-hydrogen) atoms. The molecule has 1 heterocycles. The van der Waals surface area contributed by atoms with E-state index in [2.05, 4.69) is 110 Å². The molecule has 2 nitrogen and oxygen atoms in total. The van der Waals surface area contributed by atoms with Gasteiger partial charge in [-0.1, -0.05) is 104 Å². The minimum absolute atomic E-state index is 0.492. The van der Waals surface area contributed by atoms with Gasteiger partial charge in [0.2, 0.25) is 0 Å². The zero-order valence-corrected chi connectivity index (χ0v) is 22.5. The normalized spacial score (nSPS) is 11.7. The van der Waals surface area contributed by atoms with Gasteiger partial charge in [0, 0.05) is 21.5 Å². The monoisotopic (exact) mass is 526 g/mol. The average molecular weight is 527 g/mol. The molecule has 0 saturated heterocycles. The summed E-state index contributed by atoms with van der Waals surface area (Å²) >= 11 is 0. The first kappa shape index (κ1) is 23.5. The van der Waals surface area contributed by atoms with Gasteiger partial charge >= 0.3 is 0 Å². The molecule has 2 heteroatoms. The highest BCUT2D eigenvalue weighted by molar-refractivity contribution is 6.38. The summed E-state index contributed by atoms with van der Waals surface area (Å²) in [5, 5.41) is 9.61. The second-order valence-electron chi connectivity index (χ2n) is 10.5. The first-order chi connectivity index (χ1) is 20.2. The van der Waals surface area contributed by atoms with Crippen LogP contribution in [-0.2, 0) is 0 Å². The molecular weight excluding hydrogens is 500 g/mol. The predicted molar refractivity (Wildman–Crippen MR) is 174 cm³/mol. The van der Waals surface area contributed by atoms with Gasteiger partial charge in [-0.15, -0.1) is 0 Å². The fourth-order valence-corrected chi connectivity index (χ4v) is 6.42. The van der Waals surface area contributed by atoms with Gasteiger partial charge in [-0.25, -0.2) is 0 Å². The van der Waals surface area contributed by atoms with Crippen LogP contribution in [0.15, 0.2) is 133 Å². The molecule has 0 saturated carbocycles. The van der Waals surface area contributed by atoms with E-state index in [1.807, 2.05) is 18.2 Å². The van der Waals surface area contributed by atoms with Gasteiger partial charge in [-0.05, 0) is 79.7 Å². The Labute approximate surface area is 237 Å². The molecule has 0 atom stereocenters. The van der Waals surface area contributed by atoms with E-state index in [0.29, 0.717) is 6.61 Å². The van der Waals surface area contributed by atoms with Crippen LogP contribution in [-0.4, -0.2) is 6.61 Å². The number of benzene rings is 7. The van der Waals surface area contributed by atoms with Crippen LogP contribution in [0.3, 0.4) is 0 Å². The van der Waals surface area contributed by atoms with Crippen molar-refractivity contribution in [1.82, 2.24) is 0 Å². The lowest BCUT2D eigenvalue weighted by Gasteiger charge is -2.18. The van der Waals surface area contributed by atoms with Gasteiger partial charge < -0.3 is 9.15 Å². The molecule has 0 fully saturated rings. The van der Waals surface area contributed by atoms with Crippen molar-refractivity contribution in [2.75, 3.05) is 6.61 Å². The minimum atomic E-state index is 0.492. The highest BCUT2D eigenvalue weighted by atomic mass is 16.5. The molecule has 0 aliphatic heterocycles. The number of ether oxygens (including phenoxy) is 1. The molecule has 0 bridgehead atoms. The van der Waals surface area contributed by atoms with E-state index in [1.54, 1.807) is 6.08 Å². The summed E-state index contributed by atoms with van der Waals surface area (Å²) in [5.41, 5.74) is 7.68. The Kier molecular flexibility index (Phi) is 5.23. The number of fused-ring (bicyclic) bond motifs is 5. The Balaban J connectivity index is 1.45. The van der Waals surface area contributed by atoms with Crippen molar-refractivity contribution in [2.45, 2.75) is 0 Å². The average Bonchev–Trinajstić information content (AvgIpc) is 3.42. The molecule has 8 aromatic rings. The molecule has 0 spiro atoms. The molecule has 0 N–H and O–H groups in total. The number of rotatable bonds is 6.